The van der Waals surface area contributed by atoms with E-state index in [1.807, 2.05) is 42.6 Å². The van der Waals surface area contributed by atoms with Gasteiger partial charge in [-0.3, -0.25) is 4.68 Å². The van der Waals surface area contributed by atoms with Gasteiger partial charge < -0.3 is 15.2 Å². The van der Waals surface area contributed by atoms with Crippen LogP contribution in [-0.2, 0) is 0 Å². The lowest BCUT2D eigenvalue weighted by Crippen LogP contribution is -2.31. The topological polar surface area (TPSA) is 98.9 Å². The largest absolute Gasteiger partial charge is 0.383 e. The fourth-order valence-corrected chi connectivity index (χ4v) is 3.79. The van der Waals surface area contributed by atoms with Gasteiger partial charge in [0.1, 0.15) is 5.82 Å². The van der Waals surface area contributed by atoms with Crippen molar-refractivity contribution in [2.45, 2.75) is 18.9 Å². The van der Waals surface area contributed by atoms with Gasteiger partial charge >= 0.3 is 0 Å². The summed E-state index contributed by atoms with van der Waals surface area (Å²) in [5, 5.41) is 8.69. The van der Waals surface area contributed by atoms with Gasteiger partial charge in [0.05, 0.1) is 17.8 Å². The number of rotatable bonds is 4. The minimum atomic E-state index is 0.350. The van der Waals surface area contributed by atoms with Crippen molar-refractivity contribution in [3.8, 4) is 34.0 Å². The molecule has 0 bridgehead atoms. The molecule has 0 radical (unpaired) electrons. The first-order chi connectivity index (χ1) is 14.7. The summed E-state index contributed by atoms with van der Waals surface area (Å²) < 4.78 is 7.55. The van der Waals surface area contributed by atoms with Crippen LogP contribution in [0.25, 0.3) is 34.0 Å². The number of pyridine rings is 1. The third kappa shape index (κ3) is 3.57. The second-order valence-electron chi connectivity index (χ2n) is 7.69. The minimum Gasteiger partial charge on any atom is -0.383 e. The van der Waals surface area contributed by atoms with Crippen LogP contribution in [0.3, 0.4) is 0 Å². The Hall–Kier alpha value is -3.52. The summed E-state index contributed by atoms with van der Waals surface area (Å²) in [5.41, 5.74) is 9.53. The number of piperidine rings is 1. The van der Waals surface area contributed by atoms with Crippen LogP contribution in [0, 0.1) is 0 Å². The normalized spacial score (nSPS) is 15.5. The van der Waals surface area contributed by atoms with E-state index in [1.165, 1.54) is 0 Å². The maximum absolute atomic E-state index is 6.12. The average molecular weight is 401 g/mol. The van der Waals surface area contributed by atoms with Crippen LogP contribution in [0.15, 0.2) is 59.5 Å². The van der Waals surface area contributed by atoms with E-state index in [-0.39, 0.29) is 0 Å². The van der Waals surface area contributed by atoms with Gasteiger partial charge in [0.25, 0.3) is 5.89 Å². The summed E-state index contributed by atoms with van der Waals surface area (Å²) in [6.45, 7) is 2.18. The SMILES string of the molecule is CN1CCC(n2cc(-c3cnc(N)c(-c4nc(-c5ccccc5)no4)c3)cn2)CC1. The highest BCUT2D eigenvalue weighted by molar-refractivity contribution is 5.75. The number of anilines is 1. The van der Waals surface area contributed by atoms with Crippen molar-refractivity contribution >= 4 is 5.82 Å². The Morgan fingerprint density at radius 3 is 2.63 bits per heavy atom. The van der Waals surface area contributed by atoms with Crippen LogP contribution in [0.5, 0.6) is 0 Å². The van der Waals surface area contributed by atoms with Crippen molar-refractivity contribution in [3.05, 3.63) is 55.0 Å². The summed E-state index contributed by atoms with van der Waals surface area (Å²) in [5.74, 6) is 1.22. The molecule has 8 heteroatoms. The zero-order valence-electron chi connectivity index (χ0n) is 16.8. The molecule has 1 aliphatic heterocycles. The van der Waals surface area contributed by atoms with Gasteiger partial charge in [0.2, 0.25) is 5.82 Å². The van der Waals surface area contributed by atoms with Crippen molar-refractivity contribution in [3.63, 3.8) is 0 Å². The van der Waals surface area contributed by atoms with Crippen LogP contribution in [0.1, 0.15) is 18.9 Å². The molecule has 1 saturated heterocycles. The number of hydrogen-bond donors (Lipinski definition) is 1. The monoisotopic (exact) mass is 401 g/mol. The van der Waals surface area contributed by atoms with E-state index in [0.717, 1.165) is 42.6 Å². The number of benzene rings is 1. The summed E-state index contributed by atoms with van der Waals surface area (Å²) >= 11 is 0. The highest BCUT2D eigenvalue weighted by atomic mass is 16.5. The number of likely N-dealkylation sites (tertiary alicyclic amines) is 1. The van der Waals surface area contributed by atoms with Crippen LogP contribution < -0.4 is 5.73 Å². The first-order valence-electron chi connectivity index (χ1n) is 10.1. The molecule has 1 aromatic carbocycles. The van der Waals surface area contributed by atoms with Gasteiger partial charge in [-0.2, -0.15) is 10.1 Å². The number of nitrogens with zero attached hydrogens (tertiary/aromatic N) is 6. The second-order valence-corrected chi connectivity index (χ2v) is 7.69. The Kier molecular flexibility index (Phi) is 4.76. The van der Waals surface area contributed by atoms with Crippen molar-refractivity contribution in [2.75, 3.05) is 25.9 Å². The molecular formula is C22H23N7O. The Bertz CT molecular complexity index is 1140. The van der Waals surface area contributed by atoms with E-state index in [4.69, 9.17) is 10.3 Å². The lowest BCUT2D eigenvalue weighted by atomic mass is 10.1. The molecule has 5 rings (SSSR count). The molecule has 4 heterocycles. The molecular weight excluding hydrogens is 378 g/mol. The maximum Gasteiger partial charge on any atom is 0.262 e. The molecule has 0 atom stereocenters. The first-order valence-corrected chi connectivity index (χ1v) is 10.1. The van der Waals surface area contributed by atoms with E-state index in [9.17, 15) is 0 Å². The molecule has 1 fully saturated rings. The quantitative estimate of drug-likeness (QED) is 0.559. The molecule has 4 aromatic rings. The van der Waals surface area contributed by atoms with Gasteiger partial charge in [0, 0.05) is 29.1 Å². The molecule has 30 heavy (non-hydrogen) atoms. The Morgan fingerprint density at radius 1 is 1.03 bits per heavy atom. The predicted octanol–water partition coefficient (Wildman–Crippen LogP) is 3.51. The van der Waals surface area contributed by atoms with E-state index in [2.05, 4.69) is 43.0 Å². The van der Waals surface area contributed by atoms with Gasteiger partial charge in [-0.15, -0.1) is 0 Å². The zero-order chi connectivity index (χ0) is 20.5. The van der Waals surface area contributed by atoms with Crippen LogP contribution in [-0.4, -0.2) is 49.9 Å². The Morgan fingerprint density at radius 2 is 1.83 bits per heavy atom. The second kappa shape index (κ2) is 7.72. The zero-order valence-corrected chi connectivity index (χ0v) is 16.8. The Balaban J connectivity index is 1.43. The summed E-state index contributed by atoms with van der Waals surface area (Å²) in [6.07, 6.45) is 7.91. The third-order valence-electron chi connectivity index (χ3n) is 5.60. The molecule has 3 aromatic heterocycles. The van der Waals surface area contributed by atoms with E-state index >= 15 is 0 Å². The maximum atomic E-state index is 6.12. The molecule has 0 saturated carbocycles. The fourth-order valence-electron chi connectivity index (χ4n) is 3.79. The van der Waals surface area contributed by atoms with Gasteiger partial charge in [-0.25, -0.2) is 4.98 Å². The Labute approximate surface area is 174 Å². The van der Waals surface area contributed by atoms with Crippen molar-refractivity contribution in [1.82, 2.24) is 29.8 Å². The number of hydrogen-bond acceptors (Lipinski definition) is 7. The number of aromatic nitrogens is 5. The van der Waals surface area contributed by atoms with Crippen molar-refractivity contribution in [2.24, 2.45) is 0 Å². The number of nitrogen functional groups attached to an aromatic ring is 1. The lowest BCUT2D eigenvalue weighted by molar-refractivity contribution is 0.212. The van der Waals surface area contributed by atoms with Crippen molar-refractivity contribution < 1.29 is 4.52 Å². The summed E-state index contributed by atoms with van der Waals surface area (Å²) in [6, 6.07) is 12.0. The van der Waals surface area contributed by atoms with Crippen molar-refractivity contribution in [1.29, 1.82) is 0 Å². The molecule has 152 valence electrons. The van der Waals surface area contributed by atoms with Crippen LogP contribution in [0.4, 0.5) is 5.82 Å². The van der Waals surface area contributed by atoms with Crippen LogP contribution in [0.2, 0.25) is 0 Å². The van der Waals surface area contributed by atoms with Gasteiger partial charge in [-0.1, -0.05) is 35.5 Å². The molecule has 0 unspecified atom stereocenters. The number of nitrogens with two attached hydrogens (primary N) is 1. The highest BCUT2D eigenvalue weighted by Crippen LogP contribution is 2.31. The third-order valence-corrected chi connectivity index (χ3v) is 5.60. The fraction of sp³-hybridized carbons (Fsp3) is 0.273. The molecule has 0 amide bonds. The molecule has 0 aliphatic carbocycles. The molecule has 8 nitrogen and oxygen atoms in total. The standard InChI is InChI=1S/C22H23N7O/c1-28-9-7-18(8-10-28)29-14-17(13-25-29)16-11-19(20(23)24-12-16)22-26-21(27-30-22)15-5-3-2-4-6-15/h2-6,11-14,18H,7-10H2,1H3,(H2,23,24). The molecule has 2 N–H and O–H groups in total. The average Bonchev–Trinajstić information content (AvgIpc) is 3.46. The lowest BCUT2D eigenvalue weighted by Gasteiger charge is -2.28. The minimum absolute atomic E-state index is 0.350. The van der Waals surface area contributed by atoms with Gasteiger partial charge in [0.15, 0.2) is 0 Å². The van der Waals surface area contributed by atoms with Crippen LogP contribution >= 0.6 is 0 Å². The van der Waals surface area contributed by atoms with E-state index < -0.39 is 0 Å². The summed E-state index contributed by atoms with van der Waals surface area (Å²) in [4.78, 5) is 11.2. The summed E-state index contributed by atoms with van der Waals surface area (Å²) in [7, 11) is 2.16. The molecule has 0 spiro atoms. The molecule has 1 aliphatic rings. The van der Waals surface area contributed by atoms with Gasteiger partial charge in [-0.05, 0) is 39.0 Å². The van der Waals surface area contributed by atoms with E-state index in [1.54, 1.807) is 6.20 Å². The highest BCUT2D eigenvalue weighted by Gasteiger charge is 2.20. The smallest absolute Gasteiger partial charge is 0.262 e. The van der Waals surface area contributed by atoms with E-state index in [0.29, 0.717) is 29.1 Å². The first kappa shape index (κ1) is 18.5. The predicted molar refractivity (Wildman–Crippen MR) is 114 cm³/mol.